The van der Waals surface area contributed by atoms with Crippen LogP contribution in [0.3, 0.4) is 0 Å². The SMILES string of the molecule is CC(C)n1ncc(C(=O)NNc2ncc(Cl)cc2Cl)c1C1CC1. The van der Waals surface area contributed by atoms with Gasteiger partial charge in [0.25, 0.3) is 5.91 Å². The molecule has 1 fully saturated rings. The minimum Gasteiger partial charge on any atom is -0.280 e. The summed E-state index contributed by atoms with van der Waals surface area (Å²) >= 11 is 11.8. The van der Waals surface area contributed by atoms with E-state index < -0.39 is 0 Å². The number of hydrogen-bond acceptors (Lipinski definition) is 4. The number of halogens is 2. The van der Waals surface area contributed by atoms with Crippen LogP contribution in [0.2, 0.25) is 10.0 Å². The Balaban J connectivity index is 1.76. The Hall–Kier alpha value is -1.79. The smallest absolute Gasteiger partial charge is 0.273 e. The first-order chi connectivity index (χ1) is 11.0. The summed E-state index contributed by atoms with van der Waals surface area (Å²) in [7, 11) is 0. The van der Waals surface area contributed by atoms with Gasteiger partial charge in [0.05, 0.1) is 27.5 Å². The molecule has 3 rings (SSSR count). The van der Waals surface area contributed by atoms with E-state index >= 15 is 0 Å². The molecule has 1 amide bonds. The van der Waals surface area contributed by atoms with Crippen LogP contribution in [0.15, 0.2) is 18.5 Å². The number of nitrogens with one attached hydrogen (secondary N) is 2. The number of hydrogen-bond donors (Lipinski definition) is 2. The molecular formula is C15H17Cl2N5O. The van der Waals surface area contributed by atoms with E-state index in [0.717, 1.165) is 18.5 Å². The van der Waals surface area contributed by atoms with Gasteiger partial charge in [-0.1, -0.05) is 23.2 Å². The first-order valence-electron chi connectivity index (χ1n) is 7.42. The molecule has 0 spiro atoms. The van der Waals surface area contributed by atoms with Gasteiger partial charge in [0.1, 0.15) is 0 Å². The molecule has 1 aliphatic carbocycles. The lowest BCUT2D eigenvalue weighted by atomic mass is 10.1. The molecule has 23 heavy (non-hydrogen) atoms. The molecule has 0 aliphatic heterocycles. The highest BCUT2D eigenvalue weighted by Crippen LogP contribution is 2.42. The van der Waals surface area contributed by atoms with Crippen molar-refractivity contribution in [2.75, 3.05) is 5.43 Å². The van der Waals surface area contributed by atoms with Crippen LogP contribution in [-0.2, 0) is 0 Å². The van der Waals surface area contributed by atoms with Crippen molar-refractivity contribution in [3.8, 4) is 0 Å². The van der Waals surface area contributed by atoms with Gasteiger partial charge >= 0.3 is 0 Å². The summed E-state index contributed by atoms with van der Waals surface area (Å²) in [6.45, 7) is 4.10. The van der Waals surface area contributed by atoms with E-state index in [9.17, 15) is 4.79 Å². The maximum atomic E-state index is 12.5. The molecule has 0 atom stereocenters. The standard InChI is InChI=1S/C15H17Cl2N5O/c1-8(2)22-13(9-3-4-9)11(7-19-22)15(23)21-20-14-12(17)5-10(16)6-18-14/h5-9H,3-4H2,1-2H3,(H,18,20)(H,21,23). The van der Waals surface area contributed by atoms with Crippen molar-refractivity contribution >= 4 is 34.9 Å². The Labute approximate surface area is 144 Å². The molecule has 0 bridgehead atoms. The second-order valence-corrected chi connectivity index (χ2v) is 6.66. The number of carbonyl (C=O) groups is 1. The highest BCUT2D eigenvalue weighted by atomic mass is 35.5. The number of nitrogens with zero attached hydrogens (tertiary/aromatic N) is 3. The molecule has 2 aromatic rings. The minimum atomic E-state index is -0.258. The van der Waals surface area contributed by atoms with E-state index in [0.29, 0.717) is 27.3 Å². The van der Waals surface area contributed by atoms with E-state index in [1.165, 1.54) is 6.20 Å². The molecule has 0 radical (unpaired) electrons. The number of carbonyl (C=O) groups excluding carboxylic acids is 1. The normalized spacial score (nSPS) is 14.1. The summed E-state index contributed by atoms with van der Waals surface area (Å²) in [5.41, 5.74) is 6.92. The molecule has 122 valence electrons. The Kier molecular flexibility index (Phi) is 4.46. The van der Waals surface area contributed by atoms with Crippen molar-refractivity contribution in [2.24, 2.45) is 0 Å². The lowest BCUT2D eigenvalue weighted by Crippen LogP contribution is -2.30. The molecule has 0 unspecified atom stereocenters. The predicted molar refractivity (Wildman–Crippen MR) is 89.9 cm³/mol. The van der Waals surface area contributed by atoms with Crippen LogP contribution in [0.4, 0.5) is 5.82 Å². The first-order valence-corrected chi connectivity index (χ1v) is 8.17. The molecule has 2 aromatic heterocycles. The second kappa shape index (κ2) is 6.37. The highest BCUT2D eigenvalue weighted by molar-refractivity contribution is 6.35. The summed E-state index contributed by atoms with van der Waals surface area (Å²) in [6.07, 6.45) is 5.25. The van der Waals surface area contributed by atoms with Crippen molar-refractivity contribution < 1.29 is 4.79 Å². The molecule has 0 saturated heterocycles. The quantitative estimate of drug-likeness (QED) is 0.801. The first kappa shape index (κ1) is 16.1. The molecular weight excluding hydrogens is 337 g/mol. The van der Waals surface area contributed by atoms with Crippen LogP contribution in [0.1, 0.15) is 54.7 Å². The van der Waals surface area contributed by atoms with Gasteiger partial charge in [-0.15, -0.1) is 0 Å². The average Bonchev–Trinajstić information content (AvgIpc) is 3.23. The Morgan fingerprint density at radius 1 is 1.35 bits per heavy atom. The van der Waals surface area contributed by atoms with Crippen LogP contribution in [0.25, 0.3) is 0 Å². The van der Waals surface area contributed by atoms with Crippen LogP contribution in [0.5, 0.6) is 0 Å². The maximum Gasteiger partial charge on any atom is 0.273 e. The fourth-order valence-corrected chi connectivity index (χ4v) is 2.84. The third-order valence-corrected chi connectivity index (χ3v) is 4.13. The number of rotatable bonds is 5. The number of hydrazine groups is 1. The Bertz CT molecular complexity index is 739. The van der Waals surface area contributed by atoms with E-state index in [-0.39, 0.29) is 11.9 Å². The molecule has 2 heterocycles. The fraction of sp³-hybridized carbons (Fsp3) is 0.400. The van der Waals surface area contributed by atoms with Crippen molar-refractivity contribution in [3.05, 3.63) is 39.8 Å². The van der Waals surface area contributed by atoms with Crippen molar-refractivity contribution in [3.63, 3.8) is 0 Å². The van der Waals surface area contributed by atoms with Crippen molar-refractivity contribution in [1.82, 2.24) is 20.2 Å². The number of anilines is 1. The minimum absolute atomic E-state index is 0.215. The van der Waals surface area contributed by atoms with Gasteiger partial charge in [-0.25, -0.2) is 4.98 Å². The van der Waals surface area contributed by atoms with Crippen LogP contribution >= 0.6 is 23.2 Å². The molecule has 8 heteroatoms. The largest absolute Gasteiger partial charge is 0.280 e. The van der Waals surface area contributed by atoms with Gasteiger partial charge in [-0.3, -0.25) is 20.3 Å². The van der Waals surface area contributed by atoms with E-state index in [4.69, 9.17) is 23.2 Å². The second-order valence-electron chi connectivity index (χ2n) is 5.82. The third-order valence-electron chi connectivity index (χ3n) is 3.63. The lowest BCUT2D eigenvalue weighted by molar-refractivity contribution is 0.0961. The zero-order valence-electron chi connectivity index (χ0n) is 12.8. The zero-order chi connectivity index (χ0) is 16.6. The third kappa shape index (κ3) is 3.43. The molecule has 2 N–H and O–H groups in total. The number of amides is 1. The van der Waals surface area contributed by atoms with E-state index in [1.807, 2.05) is 4.68 Å². The van der Waals surface area contributed by atoms with Gasteiger partial charge in [-0.05, 0) is 32.8 Å². The monoisotopic (exact) mass is 353 g/mol. The zero-order valence-corrected chi connectivity index (χ0v) is 14.3. The number of pyridine rings is 1. The summed E-state index contributed by atoms with van der Waals surface area (Å²) < 4.78 is 1.92. The molecule has 0 aromatic carbocycles. The van der Waals surface area contributed by atoms with Gasteiger partial charge in [0.15, 0.2) is 5.82 Å². The highest BCUT2D eigenvalue weighted by Gasteiger charge is 2.33. The summed E-state index contributed by atoms with van der Waals surface area (Å²) in [5, 5.41) is 5.11. The van der Waals surface area contributed by atoms with Gasteiger partial charge in [0, 0.05) is 18.2 Å². The van der Waals surface area contributed by atoms with Crippen molar-refractivity contribution in [2.45, 2.75) is 38.6 Å². The Morgan fingerprint density at radius 2 is 2.09 bits per heavy atom. The lowest BCUT2D eigenvalue weighted by Gasteiger charge is -2.13. The summed E-state index contributed by atoms with van der Waals surface area (Å²) in [5.74, 6) is 0.498. The van der Waals surface area contributed by atoms with E-state index in [2.05, 4.69) is 34.8 Å². The summed E-state index contributed by atoms with van der Waals surface area (Å²) in [6, 6.07) is 1.77. The average molecular weight is 354 g/mol. The van der Waals surface area contributed by atoms with Gasteiger partial charge in [-0.2, -0.15) is 5.10 Å². The maximum absolute atomic E-state index is 12.5. The van der Waals surface area contributed by atoms with Crippen LogP contribution in [-0.4, -0.2) is 20.7 Å². The van der Waals surface area contributed by atoms with E-state index in [1.54, 1.807) is 12.3 Å². The van der Waals surface area contributed by atoms with Gasteiger partial charge in [0.2, 0.25) is 0 Å². The van der Waals surface area contributed by atoms with Crippen molar-refractivity contribution in [1.29, 1.82) is 0 Å². The Morgan fingerprint density at radius 3 is 2.70 bits per heavy atom. The number of aromatic nitrogens is 3. The molecule has 1 aliphatic rings. The van der Waals surface area contributed by atoms with Crippen LogP contribution in [0, 0.1) is 0 Å². The fourth-order valence-electron chi connectivity index (χ4n) is 2.41. The molecule has 6 nitrogen and oxygen atoms in total. The summed E-state index contributed by atoms with van der Waals surface area (Å²) in [4.78, 5) is 16.5. The van der Waals surface area contributed by atoms with Gasteiger partial charge < -0.3 is 0 Å². The van der Waals surface area contributed by atoms with Crippen LogP contribution < -0.4 is 10.9 Å². The molecule has 1 saturated carbocycles. The topological polar surface area (TPSA) is 71.8 Å². The predicted octanol–water partition coefficient (Wildman–Crippen LogP) is 3.80.